The second-order valence-corrected chi connectivity index (χ2v) is 3.49. The van der Waals surface area contributed by atoms with Crippen molar-refractivity contribution in [2.45, 2.75) is 18.8 Å². The van der Waals surface area contributed by atoms with Crippen LogP contribution in [0.5, 0.6) is 0 Å². The van der Waals surface area contributed by atoms with Gasteiger partial charge >= 0.3 is 17.7 Å². The van der Waals surface area contributed by atoms with Crippen molar-refractivity contribution in [3.8, 4) is 0 Å². The number of rotatable bonds is 5. The fourth-order valence-corrected chi connectivity index (χ4v) is 1.43. The zero-order chi connectivity index (χ0) is 13.8. The van der Waals surface area contributed by atoms with Gasteiger partial charge in [0.05, 0.1) is 6.61 Å². The van der Waals surface area contributed by atoms with Gasteiger partial charge in [-0.3, -0.25) is 15.4 Å². The zero-order valence-electron chi connectivity index (χ0n) is 9.79. The minimum Gasteiger partial charge on any atom is -0.463 e. The number of carbonyl (C=O) groups is 3. The summed E-state index contributed by atoms with van der Waals surface area (Å²) in [6, 6.07) is -0.890. The van der Waals surface area contributed by atoms with Gasteiger partial charge < -0.3 is 10.1 Å². The largest absolute Gasteiger partial charge is 0.463 e. The van der Waals surface area contributed by atoms with Crippen LogP contribution in [0.3, 0.4) is 0 Å². The summed E-state index contributed by atoms with van der Waals surface area (Å²) in [4.78, 5) is 34.1. The van der Waals surface area contributed by atoms with Gasteiger partial charge in [-0.15, -0.1) is 6.58 Å². The van der Waals surface area contributed by atoms with Gasteiger partial charge in [0.15, 0.2) is 0 Å². The predicted octanol–water partition coefficient (Wildman–Crippen LogP) is -0.801. The summed E-state index contributed by atoms with van der Waals surface area (Å²) in [5.74, 6) is -2.71. The molecule has 0 aromatic carbocycles. The van der Waals surface area contributed by atoms with Crippen LogP contribution in [0.15, 0.2) is 12.7 Å². The zero-order valence-corrected chi connectivity index (χ0v) is 9.79. The van der Waals surface area contributed by atoms with Crippen LogP contribution in [0.1, 0.15) is 6.92 Å². The number of nitrogens with one attached hydrogen (secondary N) is 3. The van der Waals surface area contributed by atoms with Crippen molar-refractivity contribution >= 4 is 17.9 Å². The molecule has 1 aliphatic rings. The molecule has 0 aromatic heterocycles. The Hall–Kier alpha value is -1.96. The van der Waals surface area contributed by atoms with Gasteiger partial charge in [-0.25, -0.2) is 14.0 Å². The van der Waals surface area contributed by atoms with Crippen LogP contribution in [0.2, 0.25) is 0 Å². The smallest absolute Gasteiger partial charge is 0.357 e. The molecule has 1 fully saturated rings. The normalized spacial score (nSPS) is 27.1. The molecule has 0 aliphatic carbocycles. The molecule has 0 radical (unpaired) electrons. The van der Waals surface area contributed by atoms with Gasteiger partial charge in [0.25, 0.3) is 5.91 Å². The van der Waals surface area contributed by atoms with E-state index in [0.717, 1.165) is 0 Å². The minimum atomic E-state index is -3.01. The Morgan fingerprint density at radius 2 is 2.33 bits per heavy atom. The van der Waals surface area contributed by atoms with E-state index >= 15 is 0 Å². The highest BCUT2D eigenvalue weighted by atomic mass is 19.1. The summed E-state index contributed by atoms with van der Waals surface area (Å²) >= 11 is 0. The third-order valence-corrected chi connectivity index (χ3v) is 2.27. The quantitative estimate of drug-likeness (QED) is 0.341. The van der Waals surface area contributed by atoms with Crippen molar-refractivity contribution in [3.05, 3.63) is 12.7 Å². The molecule has 100 valence electrons. The van der Waals surface area contributed by atoms with Crippen LogP contribution in [0, 0.1) is 0 Å². The third kappa shape index (κ3) is 2.48. The molecule has 3 N–H and O–H groups in total. The molecule has 7 nitrogen and oxygen atoms in total. The van der Waals surface area contributed by atoms with E-state index in [2.05, 4.69) is 21.9 Å². The molecule has 0 saturated carbocycles. The Balaban J connectivity index is 2.98. The van der Waals surface area contributed by atoms with E-state index in [1.54, 1.807) is 5.32 Å². The highest BCUT2D eigenvalue weighted by molar-refractivity contribution is 6.14. The van der Waals surface area contributed by atoms with E-state index in [1.807, 2.05) is 0 Å². The summed E-state index contributed by atoms with van der Waals surface area (Å²) in [6.45, 7) is 4.89. The standard InChI is InChI=1S/C10H14FN3O4/c1-3-5-12-6-10(11,8(16)18-4-2)7(15)14-9(17)13-6/h3,6,12H,1,4-5H2,2H3,(H2,13,14,15,17). The van der Waals surface area contributed by atoms with E-state index in [9.17, 15) is 18.8 Å². The first-order valence-electron chi connectivity index (χ1n) is 5.29. The Morgan fingerprint density at radius 3 is 2.89 bits per heavy atom. The lowest BCUT2D eigenvalue weighted by Crippen LogP contribution is -2.74. The number of hydrogen-bond acceptors (Lipinski definition) is 5. The van der Waals surface area contributed by atoms with Gasteiger partial charge in [0, 0.05) is 6.54 Å². The first-order chi connectivity index (χ1) is 8.46. The second kappa shape index (κ2) is 5.58. The lowest BCUT2D eigenvalue weighted by atomic mass is 9.99. The summed E-state index contributed by atoms with van der Waals surface area (Å²) in [5.41, 5.74) is -3.01. The van der Waals surface area contributed by atoms with Crippen LogP contribution in [-0.2, 0) is 14.3 Å². The first-order valence-corrected chi connectivity index (χ1v) is 5.29. The van der Waals surface area contributed by atoms with Gasteiger partial charge in [0.1, 0.15) is 6.17 Å². The first kappa shape index (κ1) is 14.1. The average Bonchev–Trinajstić information content (AvgIpc) is 2.32. The molecule has 0 bridgehead atoms. The highest BCUT2D eigenvalue weighted by Crippen LogP contribution is 2.20. The summed E-state index contributed by atoms with van der Waals surface area (Å²) in [5, 5.41) is 6.27. The topological polar surface area (TPSA) is 96.5 Å². The minimum absolute atomic E-state index is 0.0834. The molecule has 8 heteroatoms. The maximum absolute atomic E-state index is 14.5. The molecule has 1 aliphatic heterocycles. The van der Waals surface area contributed by atoms with Gasteiger partial charge in [-0.05, 0) is 6.92 Å². The SMILES string of the molecule is C=CCNC1NC(=O)NC(=O)C1(F)C(=O)OCC. The molecule has 1 heterocycles. The molecular formula is C10H14FN3O4. The summed E-state index contributed by atoms with van der Waals surface area (Å²) in [7, 11) is 0. The second-order valence-electron chi connectivity index (χ2n) is 3.49. The Bertz CT molecular complexity index is 387. The molecule has 0 spiro atoms. The highest BCUT2D eigenvalue weighted by Gasteiger charge is 2.58. The Morgan fingerprint density at radius 1 is 1.67 bits per heavy atom. The van der Waals surface area contributed by atoms with Crippen LogP contribution in [0.4, 0.5) is 9.18 Å². The number of ether oxygens (including phenoxy) is 1. The monoisotopic (exact) mass is 259 g/mol. The Kier molecular flexibility index (Phi) is 4.38. The number of esters is 1. The van der Waals surface area contributed by atoms with Crippen molar-refractivity contribution in [2.24, 2.45) is 0 Å². The number of amides is 3. The van der Waals surface area contributed by atoms with Crippen LogP contribution in [0.25, 0.3) is 0 Å². The summed E-state index contributed by atoms with van der Waals surface area (Å²) in [6.07, 6.45) is -0.111. The van der Waals surface area contributed by atoms with Crippen LogP contribution in [-0.4, -0.2) is 42.9 Å². The van der Waals surface area contributed by atoms with Gasteiger partial charge in [0.2, 0.25) is 0 Å². The van der Waals surface area contributed by atoms with Crippen molar-refractivity contribution < 1.29 is 23.5 Å². The summed E-state index contributed by atoms with van der Waals surface area (Å²) < 4.78 is 19.0. The molecule has 1 rings (SSSR count). The van der Waals surface area contributed by atoms with E-state index in [0.29, 0.717) is 0 Å². The predicted molar refractivity (Wildman–Crippen MR) is 59.1 cm³/mol. The van der Waals surface area contributed by atoms with Gasteiger partial charge in [-0.1, -0.05) is 6.08 Å². The molecule has 1 saturated heterocycles. The van der Waals surface area contributed by atoms with E-state index in [4.69, 9.17) is 0 Å². The van der Waals surface area contributed by atoms with Crippen molar-refractivity contribution in [1.29, 1.82) is 0 Å². The third-order valence-electron chi connectivity index (χ3n) is 2.27. The fraction of sp³-hybridized carbons (Fsp3) is 0.500. The maximum atomic E-state index is 14.5. The molecule has 2 atom stereocenters. The van der Waals surface area contributed by atoms with E-state index < -0.39 is 29.7 Å². The van der Waals surface area contributed by atoms with E-state index in [-0.39, 0.29) is 13.2 Å². The number of halogens is 1. The van der Waals surface area contributed by atoms with Crippen LogP contribution >= 0.6 is 0 Å². The van der Waals surface area contributed by atoms with Crippen molar-refractivity contribution in [2.75, 3.05) is 13.2 Å². The Labute approximate surface area is 103 Å². The molecular weight excluding hydrogens is 245 g/mol. The number of imide groups is 1. The van der Waals surface area contributed by atoms with Crippen molar-refractivity contribution in [1.82, 2.24) is 16.0 Å². The number of alkyl halides is 1. The molecule has 2 unspecified atom stereocenters. The van der Waals surface area contributed by atoms with E-state index in [1.165, 1.54) is 13.0 Å². The molecule has 3 amide bonds. The molecule has 18 heavy (non-hydrogen) atoms. The number of urea groups is 1. The fourth-order valence-electron chi connectivity index (χ4n) is 1.43. The van der Waals surface area contributed by atoms with Gasteiger partial charge in [-0.2, -0.15) is 0 Å². The average molecular weight is 259 g/mol. The lowest BCUT2D eigenvalue weighted by Gasteiger charge is -2.34. The lowest BCUT2D eigenvalue weighted by molar-refractivity contribution is -0.166. The van der Waals surface area contributed by atoms with Crippen molar-refractivity contribution in [3.63, 3.8) is 0 Å². The molecule has 0 aromatic rings. The maximum Gasteiger partial charge on any atom is 0.357 e. The number of carbonyl (C=O) groups excluding carboxylic acids is 3. The number of hydrogen-bond donors (Lipinski definition) is 3. The van der Waals surface area contributed by atoms with Crippen LogP contribution < -0.4 is 16.0 Å².